The fourth-order valence-corrected chi connectivity index (χ4v) is 4.18. The van der Waals surface area contributed by atoms with Gasteiger partial charge in [-0.05, 0) is 19.2 Å². The van der Waals surface area contributed by atoms with E-state index in [1.54, 1.807) is 11.3 Å². The minimum Gasteiger partial charge on any atom is -0.301 e. The molecule has 3 aromatic heterocycles. The number of allylic oxidation sites excluding steroid dienone is 1. The highest BCUT2D eigenvalue weighted by Gasteiger charge is 2.15. The van der Waals surface area contributed by atoms with Crippen molar-refractivity contribution in [2.45, 2.75) is 24.8 Å². The van der Waals surface area contributed by atoms with Crippen molar-refractivity contribution in [3.63, 3.8) is 0 Å². The van der Waals surface area contributed by atoms with Crippen molar-refractivity contribution >= 4 is 34.7 Å². The van der Waals surface area contributed by atoms with Gasteiger partial charge < -0.3 is 4.57 Å². The maximum atomic E-state index is 5.88. The van der Waals surface area contributed by atoms with Gasteiger partial charge in [0.2, 0.25) is 0 Å². The lowest BCUT2D eigenvalue weighted by Crippen LogP contribution is -2.21. The minimum absolute atomic E-state index is 0.592. The van der Waals surface area contributed by atoms with E-state index in [1.807, 2.05) is 29.9 Å². The molecule has 3 heterocycles. The minimum atomic E-state index is 0.592. The van der Waals surface area contributed by atoms with Crippen LogP contribution in [0.1, 0.15) is 11.5 Å². The average molecular weight is 421 g/mol. The quantitative estimate of drug-likeness (QED) is 0.363. The molecule has 0 fully saturated rings. The molecule has 0 bridgehead atoms. The lowest BCUT2D eigenvalue weighted by atomic mass is 10.4. The lowest BCUT2D eigenvalue weighted by molar-refractivity contribution is 0.299. The molecular weight excluding hydrogens is 400 g/mol. The Labute approximate surface area is 172 Å². The van der Waals surface area contributed by atoms with Gasteiger partial charge in [-0.15, -0.1) is 28.1 Å². The Morgan fingerprint density at radius 3 is 2.96 bits per heavy atom. The molecule has 3 aromatic rings. The van der Waals surface area contributed by atoms with Crippen LogP contribution in [0.4, 0.5) is 0 Å². The zero-order chi connectivity index (χ0) is 19.2. The number of rotatable bonds is 10. The van der Waals surface area contributed by atoms with Crippen LogP contribution in [0.15, 0.2) is 59.3 Å². The predicted octanol–water partition coefficient (Wildman–Crippen LogP) is 4.19. The molecule has 0 unspecified atom stereocenters. The number of hydrogen-bond donors (Lipinski definition) is 0. The summed E-state index contributed by atoms with van der Waals surface area (Å²) in [5, 5.41) is 13.0. The highest BCUT2D eigenvalue weighted by atomic mass is 35.5. The highest BCUT2D eigenvalue weighted by molar-refractivity contribution is 7.99. The maximum absolute atomic E-state index is 5.88. The van der Waals surface area contributed by atoms with E-state index in [4.69, 9.17) is 11.6 Å². The lowest BCUT2D eigenvalue weighted by Gasteiger charge is -2.17. The number of nitrogens with zero attached hydrogens (tertiary/aromatic N) is 6. The van der Waals surface area contributed by atoms with Crippen molar-refractivity contribution in [2.24, 2.45) is 0 Å². The fourth-order valence-electron chi connectivity index (χ4n) is 2.64. The molecule has 0 spiro atoms. The average Bonchev–Trinajstić information content (AvgIpc) is 3.35. The van der Waals surface area contributed by atoms with Crippen LogP contribution in [-0.4, -0.2) is 42.0 Å². The summed E-state index contributed by atoms with van der Waals surface area (Å²) in [7, 11) is 2.07. The van der Waals surface area contributed by atoms with E-state index in [-0.39, 0.29) is 0 Å². The molecule has 3 rings (SSSR count). The van der Waals surface area contributed by atoms with E-state index in [1.165, 1.54) is 17.5 Å². The Bertz CT molecular complexity index is 899. The summed E-state index contributed by atoms with van der Waals surface area (Å²) in [6, 6.07) is 4.15. The molecule has 0 amide bonds. The second-order valence-corrected chi connectivity index (χ2v) is 8.31. The fraction of sp³-hybridized carbons (Fsp3) is 0.278. The second-order valence-electron chi connectivity index (χ2n) is 5.96. The Morgan fingerprint density at radius 2 is 2.26 bits per heavy atom. The van der Waals surface area contributed by atoms with Crippen LogP contribution in [0.5, 0.6) is 0 Å². The number of aromatic nitrogens is 5. The van der Waals surface area contributed by atoms with Crippen molar-refractivity contribution in [2.75, 3.05) is 12.8 Å². The molecule has 6 nitrogen and oxygen atoms in total. The zero-order valence-electron chi connectivity index (χ0n) is 15.1. The van der Waals surface area contributed by atoms with Gasteiger partial charge in [-0.25, -0.2) is 4.98 Å². The molecule has 0 aromatic carbocycles. The number of halogens is 1. The van der Waals surface area contributed by atoms with E-state index >= 15 is 0 Å². The smallest absolute Gasteiger partial charge is 0.193 e. The van der Waals surface area contributed by atoms with Crippen LogP contribution in [-0.2, 0) is 19.6 Å². The first-order valence-corrected chi connectivity index (χ1v) is 10.6. The Kier molecular flexibility index (Phi) is 6.89. The highest BCUT2D eigenvalue weighted by Crippen LogP contribution is 2.22. The van der Waals surface area contributed by atoms with Crippen LogP contribution in [0.2, 0.25) is 0 Å². The molecule has 0 saturated carbocycles. The molecule has 0 aliphatic rings. The SMILES string of the molecule is C=CCn1c(CN(C)Cc2cccn2-c2nccs2)nnc1SCC(=C)Cl. The molecule has 142 valence electrons. The Morgan fingerprint density at radius 1 is 1.41 bits per heavy atom. The van der Waals surface area contributed by atoms with Crippen LogP contribution >= 0.6 is 34.7 Å². The van der Waals surface area contributed by atoms with Gasteiger partial charge >= 0.3 is 0 Å². The third kappa shape index (κ3) is 5.10. The summed E-state index contributed by atoms with van der Waals surface area (Å²) >= 11 is 9.03. The van der Waals surface area contributed by atoms with Gasteiger partial charge in [-0.2, -0.15) is 0 Å². The first-order chi connectivity index (χ1) is 13.1. The zero-order valence-corrected chi connectivity index (χ0v) is 17.5. The van der Waals surface area contributed by atoms with Gasteiger partial charge in [0.25, 0.3) is 0 Å². The van der Waals surface area contributed by atoms with E-state index in [9.17, 15) is 0 Å². The first-order valence-electron chi connectivity index (χ1n) is 8.32. The van der Waals surface area contributed by atoms with E-state index in [0.717, 1.165) is 22.7 Å². The number of thioether (sulfide) groups is 1. The Balaban J connectivity index is 1.71. The summed E-state index contributed by atoms with van der Waals surface area (Å²) in [4.78, 5) is 6.60. The van der Waals surface area contributed by atoms with Gasteiger partial charge in [0, 0.05) is 47.3 Å². The van der Waals surface area contributed by atoms with Crippen LogP contribution < -0.4 is 0 Å². The Hall–Kier alpha value is -1.87. The molecule has 0 atom stereocenters. The summed E-state index contributed by atoms with van der Waals surface area (Å²) < 4.78 is 4.18. The van der Waals surface area contributed by atoms with Crippen LogP contribution in [0, 0.1) is 0 Å². The normalized spacial score (nSPS) is 11.2. The molecule has 0 aliphatic heterocycles. The summed E-state index contributed by atoms with van der Waals surface area (Å²) in [6.45, 7) is 9.67. The van der Waals surface area contributed by atoms with Crippen LogP contribution in [0.3, 0.4) is 0 Å². The molecule has 0 saturated heterocycles. The monoisotopic (exact) mass is 420 g/mol. The third-order valence-electron chi connectivity index (χ3n) is 3.76. The van der Waals surface area contributed by atoms with Gasteiger partial charge in [0.05, 0.1) is 6.54 Å². The van der Waals surface area contributed by atoms with E-state index in [2.05, 4.69) is 55.5 Å². The molecule has 0 aliphatic carbocycles. The van der Waals surface area contributed by atoms with Crippen LogP contribution in [0.25, 0.3) is 5.13 Å². The van der Waals surface area contributed by atoms with Crippen molar-refractivity contribution in [3.05, 3.63) is 65.7 Å². The van der Waals surface area contributed by atoms with E-state index in [0.29, 0.717) is 23.9 Å². The van der Waals surface area contributed by atoms with Crippen molar-refractivity contribution in [1.29, 1.82) is 0 Å². The molecule has 0 radical (unpaired) electrons. The van der Waals surface area contributed by atoms with Crippen molar-refractivity contribution < 1.29 is 0 Å². The van der Waals surface area contributed by atoms with E-state index < -0.39 is 0 Å². The summed E-state index contributed by atoms with van der Waals surface area (Å²) in [5.74, 6) is 1.50. The van der Waals surface area contributed by atoms with Gasteiger partial charge in [0.15, 0.2) is 10.3 Å². The molecule has 9 heteroatoms. The third-order valence-corrected chi connectivity index (χ3v) is 5.88. The summed E-state index contributed by atoms with van der Waals surface area (Å²) in [5.41, 5.74) is 1.18. The second kappa shape index (κ2) is 9.36. The topological polar surface area (TPSA) is 51.8 Å². The van der Waals surface area contributed by atoms with Gasteiger partial charge in [-0.1, -0.05) is 36.0 Å². The first kappa shape index (κ1) is 19.9. The van der Waals surface area contributed by atoms with Gasteiger partial charge in [0.1, 0.15) is 5.82 Å². The standard InChI is InChI=1S/C18H21ClN6S2/c1-4-8-25-16(21-22-18(25)27-13-14(2)19)12-23(3)11-15-6-5-9-24(15)17-20-7-10-26-17/h4-7,9-10H,1-2,8,11-13H2,3H3. The predicted molar refractivity (Wildman–Crippen MR) is 113 cm³/mol. The molecular formula is C18H21ClN6S2. The largest absolute Gasteiger partial charge is 0.301 e. The molecule has 27 heavy (non-hydrogen) atoms. The van der Waals surface area contributed by atoms with Crippen molar-refractivity contribution in [3.8, 4) is 5.13 Å². The number of hydrogen-bond acceptors (Lipinski definition) is 6. The molecule has 0 N–H and O–H groups in total. The van der Waals surface area contributed by atoms with Crippen molar-refractivity contribution in [1.82, 2.24) is 29.2 Å². The summed E-state index contributed by atoms with van der Waals surface area (Å²) in [6.07, 6.45) is 5.70. The van der Waals surface area contributed by atoms with Gasteiger partial charge in [-0.3, -0.25) is 9.47 Å². The maximum Gasteiger partial charge on any atom is 0.193 e. The number of thiazole rings is 1.